The molecule has 0 amide bonds. The van der Waals surface area contributed by atoms with Crippen molar-refractivity contribution in [3.8, 4) is 0 Å². The van der Waals surface area contributed by atoms with Gasteiger partial charge in [-0.2, -0.15) is 44.6 Å². The number of rotatable bonds is 3. The summed E-state index contributed by atoms with van der Waals surface area (Å²) in [6, 6.07) is 0.882. The van der Waals surface area contributed by atoms with Crippen LogP contribution in [0.5, 0.6) is 0 Å². The van der Waals surface area contributed by atoms with E-state index in [4.69, 9.17) is 0 Å². The predicted molar refractivity (Wildman–Crippen MR) is 86.1 cm³/mol. The Morgan fingerprint density at radius 2 is 1.48 bits per heavy atom. The van der Waals surface area contributed by atoms with Gasteiger partial charge in [-0.05, 0) is 23.8 Å². The van der Waals surface area contributed by atoms with E-state index in [0.717, 1.165) is 16.7 Å². The van der Waals surface area contributed by atoms with Crippen LogP contribution in [-0.2, 0) is 36.4 Å². The van der Waals surface area contributed by atoms with E-state index in [1.165, 1.54) is 0 Å². The first-order valence-corrected chi connectivity index (χ1v) is 8.42. The molecule has 0 spiro atoms. The molecule has 14 heteroatoms. The van der Waals surface area contributed by atoms with Crippen LogP contribution in [0.15, 0.2) is 18.2 Å². The Hall–Kier alpha value is -2.93. The van der Waals surface area contributed by atoms with Gasteiger partial charge in [0.2, 0.25) is 0 Å². The SMILES string of the molecule is COC(=O)c1c(C(F)(F)F)nn2c1N(Cc1cc(C(F)(F)F)cc(C(F)(F)F)c1)CC2. The van der Waals surface area contributed by atoms with Gasteiger partial charge in [0.25, 0.3) is 0 Å². The Kier molecular flexibility index (Phi) is 5.39. The van der Waals surface area contributed by atoms with Crippen molar-refractivity contribution in [3.63, 3.8) is 0 Å². The first kappa shape index (κ1) is 22.7. The number of hydrogen-bond donors (Lipinski definition) is 0. The quantitative estimate of drug-likeness (QED) is 0.489. The zero-order chi connectivity index (χ0) is 23.4. The fraction of sp³-hybridized carbons (Fsp3) is 0.412. The number of nitrogens with zero attached hydrogens (tertiary/aromatic N) is 3. The van der Waals surface area contributed by atoms with Gasteiger partial charge in [0.1, 0.15) is 11.4 Å². The predicted octanol–water partition coefficient (Wildman–Crippen LogP) is 4.75. The second-order valence-corrected chi connectivity index (χ2v) is 6.60. The molecule has 0 saturated heterocycles. The highest BCUT2D eigenvalue weighted by Gasteiger charge is 2.45. The van der Waals surface area contributed by atoms with E-state index in [1.54, 1.807) is 0 Å². The highest BCUT2D eigenvalue weighted by atomic mass is 19.4. The molecule has 0 N–H and O–H groups in total. The molecule has 0 aliphatic carbocycles. The number of methoxy groups -OCH3 is 1. The monoisotopic (exact) mass is 461 g/mol. The largest absolute Gasteiger partial charge is 0.465 e. The van der Waals surface area contributed by atoms with Crippen LogP contribution < -0.4 is 4.90 Å². The zero-order valence-corrected chi connectivity index (χ0v) is 15.4. The van der Waals surface area contributed by atoms with E-state index >= 15 is 0 Å². The summed E-state index contributed by atoms with van der Waals surface area (Å²) < 4.78 is 123. The molecule has 31 heavy (non-hydrogen) atoms. The minimum absolute atomic E-state index is 0.0562. The van der Waals surface area contributed by atoms with Crippen molar-refractivity contribution in [1.82, 2.24) is 9.78 Å². The zero-order valence-electron chi connectivity index (χ0n) is 15.4. The number of alkyl halides is 9. The fourth-order valence-electron chi connectivity index (χ4n) is 3.23. The molecule has 0 atom stereocenters. The van der Waals surface area contributed by atoms with Gasteiger partial charge in [-0.1, -0.05) is 0 Å². The van der Waals surface area contributed by atoms with Gasteiger partial charge in [0, 0.05) is 13.1 Å². The van der Waals surface area contributed by atoms with E-state index in [9.17, 15) is 44.3 Å². The maximum atomic E-state index is 13.3. The number of aromatic nitrogens is 2. The number of carbonyl (C=O) groups is 1. The normalized spacial score (nSPS) is 14.7. The maximum absolute atomic E-state index is 13.3. The first-order valence-electron chi connectivity index (χ1n) is 8.42. The first-order chi connectivity index (χ1) is 14.1. The van der Waals surface area contributed by atoms with Crippen LogP contribution >= 0.6 is 0 Å². The Morgan fingerprint density at radius 3 is 1.94 bits per heavy atom. The molecule has 1 aromatic carbocycles. The third-order valence-corrected chi connectivity index (χ3v) is 4.49. The summed E-state index contributed by atoms with van der Waals surface area (Å²) in [5.41, 5.74) is -6.10. The molecule has 2 heterocycles. The molecule has 0 fully saturated rings. The van der Waals surface area contributed by atoms with Crippen molar-refractivity contribution in [1.29, 1.82) is 0 Å². The lowest BCUT2D eigenvalue weighted by molar-refractivity contribution is -0.143. The Morgan fingerprint density at radius 1 is 0.935 bits per heavy atom. The van der Waals surface area contributed by atoms with Crippen LogP contribution in [0.4, 0.5) is 45.3 Å². The topological polar surface area (TPSA) is 47.4 Å². The standard InChI is InChI=1S/C17H12F9N3O2/c1-31-14(30)11-12(17(24,25)26)27-29-3-2-28(13(11)29)7-8-4-9(15(18,19)20)6-10(5-8)16(21,22)23/h4-6H,2-3,7H2,1H3. The van der Waals surface area contributed by atoms with Crippen LogP contribution in [0.25, 0.3) is 0 Å². The van der Waals surface area contributed by atoms with E-state index < -0.39 is 64.8 Å². The molecule has 1 aromatic heterocycles. The molecule has 2 aromatic rings. The lowest BCUT2D eigenvalue weighted by Gasteiger charge is -2.21. The highest BCUT2D eigenvalue weighted by Crippen LogP contribution is 2.40. The second-order valence-electron chi connectivity index (χ2n) is 6.60. The molecule has 3 rings (SSSR count). The summed E-state index contributed by atoms with van der Waals surface area (Å²) >= 11 is 0. The van der Waals surface area contributed by atoms with Gasteiger partial charge in [-0.3, -0.25) is 0 Å². The van der Waals surface area contributed by atoms with Gasteiger partial charge in [-0.15, -0.1) is 0 Å². The summed E-state index contributed by atoms with van der Waals surface area (Å²) in [7, 11) is 0.828. The lowest BCUT2D eigenvalue weighted by Crippen LogP contribution is -2.24. The number of fused-ring (bicyclic) bond motifs is 1. The van der Waals surface area contributed by atoms with Crippen LogP contribution in [0.3, 0.4) is 0 Å². The third kappa shape index (κ3) is 4.42. The molecule has 170 valence electrons. The smallest absolute Gasteiger partial charge is 0.436 e. The van der Waals surface area contributed by atoms with E-state index in [0.29, 0.717) is 12.1 Å². The summed E-state index contributed by atoms with van der Waals surface area (Å²) in [4.78, 5) is 13.0. The minimum Gasteiger partial charge on any atom is -0.465 e. The van der Waals surface area contributed by atoms with Gasteiger partial charge in [0.05, 0.1) is 24.8 Å². The van der Waals surface area contributed by atoms with Crippen molar-refractivity contribution in [2.75, 3.05) is 18.6 Å². The molecule has 1 aliphatic rings. The summed E-state index contributed by atoms with van der Waals surface area (Å²) in [6.45, 7) is -0.886. The minimum atomic E-state index is -5.08. The van der Waals surface area contributed by atoms with Gasteiger partial charge in [0.15, 0.2) is 5.69 Å². The third-order valence-electron chi connectivity index (χ3n) is 4.49. The fourth-order valence-corrected chi connectivity index (χ4v) is 3.23. The molecule has 0 unspecified atom stereocenters. The van der Waals surface area contributed by atoms with E-state index in [-0.39, 0.29) is 19.2 Å². The number of anilines is 1. The van der Waals surface area contributed by atoms with Crippen molar-refractivity contribution in [2.45, 2.75) is 31.6 Å². The summed E-state index contributed by atoms with van der Waals surface area (Å²) in [5.74, 6) is -1.79. The van der Waals surface area contributed by atoms with Crippen molar-refractivity contribution >= 4 is 11.8 Å². The molecule has 0 saturated carbocycles. The number of halogens is 9. The number of esters is 1. The number of benzene rings is 1. The average molecular weight is 461 g/mol. The number of carbonyl (C=O) groups excluding carboxylic acids is 1. The molecule has 0 bridgehead atoms. The van der Waals surface area contributed by atoms with Crippen molar-refractivity contribution in [2.24, 2.45) is 0 Å². The van der Waals surface area contributed by atoms with Crippen LogP contribution in [-0.4, -0.2) is 29.4 Å². The lowest BCUT2D eigenvalue weighted by atomic mass is 10.0. The Bertz CT molecular complexity index is 974. The van der Waals surface area contributed by atoms with Gasteiger partial charge in [-0.25, -0.2) is 9.48 Å². The summed E-state index contributed by atoms with van der Waals surface area (Å²) in [5, 5.41) is 3.33. The van der Waals surface area contributed by atoms with Crippen molar-refractivity contribution < 1.29 is 49.0 Å². The van der Waals surface area contributed by atoms with E-state index in [1.807, 2.05) is 0 Å². The Balaban J connectivity index is 2.08. The van der Waals surface area contributed by atoms with Crippen LogP contribution in [0.1, 0.15) is 32.7 Å². The summed E-state index contributed by atoms with van der Waals surface area (Å²) in [6.07, 6.45) is -15.2. The second kappa shape index (κ2) is 7.34. The number of ether oxygens (including phenoxy) is 1. The van der Waals surface area contributed by atoms with Gasteiger partial charge >= 0.3 is 24.5 Å². The molecule has 0 radical (unpaired) electrons. The Labute approximate surface area is 168 Å². The van der Waals surface area contributed by atoms with Crippen molar-refractivity contribution in [3.05, 3.63) is 46.1 Å². The van der Waals surface area contributed by atoms with Crippen LogP contribution in [0, 0.1) is 0 Å². The van der Waals surface area contributed by atoms with E-state index in [2.05, 4.69) is 9.84 Å². The van der Waals surface area contributed by atoms with Gasteiger partial charge < -0.3 is 9.64 Å². The average Bonchev–Trinajstić information content (AvgIpc) is 3.19. The molecule has 1 aliphatic heterocycles. The molecular weight excluding hydrogens is 449 g/mol. The van der Waals surface area contributed by atoms with Crippen LogP contribution in [0.2, 0.25) is 0 Å². The maximum Gasteiger partial charge on any atom is 0.436 e. The molecular formula is C17H12F9N3O2. The highest BCUT2D eigenvalue weighted by molar-refractivity contribution is 5.96. The number of hydrogen-bond acceptors (Lipinski definition) is 4. The molecule has 5 nitrogen and oxygen atoms in total.